The Morgan fingerprint density at radius 3 is 2.19 bits per heavy atom. The van der Waals surface area contributed by atoms with E-state index in [4.69, 9.17) is 0 Å². The molecule has 5 nitrogen and oxygen atoms in total. The van der Waals surface area contributed by atoms with Crippen LogP contribution in [0.15, 0.2) is 53.7 Å². The van der Waals surface area contributed by atoms with Crippen LogP contribution in [0, 0.1) is 0 Å². The smallest absolute Gasteiger partial charge is 0.264 e. The van der Waals surface area contributed by atoms with Gasteiger partial charge in [0, 0.05) is 31.2 Å². The molecule has 0 aliphatic carbocycles. The van der Waals surface area contributed by atoms with Gasteiger partial charge in [0.05, 0.1) is 10.6 Å². The van der Waals surface area contributed by atoms with Gasteiger partial charge in [-0.3, -0.25) is 9.29 Å². The maximum absolute atomic E-state index is 12.7. The number of aromatic nitrogens is 1. The van der Waals surface area contributed by atoms with Crippen molar-refractivity contribution in [3.05, 3.63) is 48.8 Å². The van der Waals surface area contributed by atoms with Crippen LogP contribution < -0.4 is 9.62 Å². The molecule has 2 rings (SSSR count). The molecule has 112 valence electrons. The number of sulfonamides is 1. The molecule has 2 aromatic rings. The van der Waals surface area contributed by atoms with E-state index < -0.39 is 10.0 Å². The Kier molecular flexibility index (Phi) is 4.80. The summed E-state index contributed by atoms with van der Waals surface area (Å²) in [5, 5.41) is 3.14. The van der Waals surface area contributed by atoms with Crippen LogP contribution in [0.25, 0.3) is 0 Å². The average molecular weight is 305 g/mol. The van der Waals surface area contributed by atoms with Crippen molar-refractivity contribution in [1.29, 1.82) is 0 Å². The number of anilines is 2. The van der Waals surface area contributed by atoms with E-state index in [-0.39, 0.29) is 4.90 Å². The predicted molar refractivity (Wildman–Crippen MR) is 85.0 cm³/mol. The van der Waals surface area contributed by atoms with Gasteiger partial charge in [-0.25, -0.2) is 8.42 Å². The third kappa shape index (κ3) is 3.33. The molecule has 0 radical (unpaired) electrons. The second kappa shape index (κ2) is 6.58. The van der Waals surface area contributed by atoms with Gasteiger partial charge in [0.2, 0.25) is 0 Å². The molecule has 21 heavy (non-hydrogen) atoms. The zero-order valence-corrected chi connectivity index (χ0v) is 13.0. The average Bonchev–Trinajstić information content (AvgIpc) is 2.50. The molecular formula is C15H19N3O2S. The number of nitrogens with zero attached hydrogens (tertiary/aromatic N) is 2. The maximum Gasteiger partial charge on any atom is 0.264 e. The summed E-state index contributed by atoms with van der Waals surface area (Å²) in [5.74, 6) is 0. The molecule has 0 saturated carbocycles. The molecule has 6 heteroatoms. The van der Waals surface area contributed by atoms with E-state index >= 15 is 0 Å². The fraction of sp³-hybridized carbons (Fsp3) is 0.267. The summed E-state index contributed by atoms with van der Waals surface area (Å²) in [6.45, 7) is 4.96. The molecule has 0 aliphatic heterocycles. The SMILES string of the molecule is CCNc1ccc(S(=O)(=O)N(CC)c2ccncc2)cc1. The molecule has 0 saturated heterocycles. The standard InChI is InChI=1S/C15H19N3O2S/c1-3-17-13-5-7-15(8-6-13)21(19,20)18(4-2)14-9-11-16-12-10-14/h5-12,17H,3-4H2,1-2H3. The summed E-state index contributed by atoms with van der Waals surface area (Å²) < 4.78 is 26.8. The fourth-order valence-electron chi connectivity index (χ4n) is 2.08. The highest BCUT2D eigenvalue weighted by atomic mass is 32.2. The van der Waals surface area contributed by atoms with Crippen LogP contribution in [-0.4, -0.2) is 26.5 Å². The van der Waals surface area contributed by atoms with Crippen LogP contribution in [0.4, 0.5) is 11.4 Å². The highest BCUT2D eigenvalue weighted by molar-refractivity contribution is 7.92. The lowest BCUT2D eigenvalue weighted by molar-refractivity contribution is 0.592. The topological polar surface area (TPSA) is 62.3 Å². The molecule has 0 atom stereocenters. The van der Waals surface area contributed by atoms with Crippen molar-refractivity contribution in [2.24, 2.45) is 0 Å². The molecule has 0 unspecified atom stereocenters. The zero-order chi connectivity index (χ0) is 15.3. The zero-order valence-electron chi connectivity index (χ0n) is 12.2. The number of hydrogen-bond acceptors (Lipinski definition) is 4. The minimum atomic E-state index is -3.56. The lowest BCUT2D eigenvalue weighted by Gasteiger charge is -2.22. The Bertz CT molecular complexity index is 670. The number of nitrogens with one attached hydrogen (secondary N) is 1. The summed E-state index contributed by atoms with van der Waals surface area (Å²) in [7, 11) is -3.56. The van der Waals surface area contributed by atoms with Gasteiger partial charge in [-0.05, 0) is 50.2 Å². The van der Waals surface area contributed by atoms with Crippen LogP contribution in [0.2, 0.25) is 0 Å². The number of rotatable bonds is 6. The van der Waals surface area contributed by atoms with Gasteiger partial charge in [0.25, 0.3) is 10.0 Å². The van der Waals surface area contributed by atoms with Crippen molar-refractivity contribution in [2.45, 2.75) is 18.7 Å². The van der Waals surface area contributed by atoms with Gasteiger partial charge in [0.15, 0.2) is 0 Å². The lowest BCUT2D eigenvalue weighted by Crippen LogP contribution is -2.30. The summed E-state index contributed by atoms with van der Waals surface area (Å²) in [6.07, 6.45) is 3.17. The van der Waals surface area contributed by atoms with Crippen LogP contribution in [-0.2, 0) is 10.0 Å². The van der Waals surface area contributed by atoms with Crippen molar-refractivity contribution in [3.8, 4) is 0 Å². The van der Waals surface area contributed by atoms with E-state index in [1.54, 1.807) is 48.8 Å². The first-order valence-corrected chi connectivity index (χ1v) is 8.30. The van der Waals surface area contributed by atoms with E-state index in [0.717, 1.165) is 12.2 Å². The Labute approximate surface area is 125 Å². The summed E-state index contributed by atoms with van der Waals surface area (Å²) >= 11 is 0. The monoisotopic (exact) mass is 305 g/mol. The maximum atomic E-state index is 12.7. The predicted octanol–water partition coefficient (Wildman–Crippen LogP) is 2.73. The summed E-state index contributed by atoms with van der Waals surface area (Å²) in [6, 6.07) is 10.2. The number of pyridine rings is 1. The summed E-state index contributed by atoms with van der Waals surface area (Å²) in [5.41, 5.74) is 1.52. The first kappa shape index (κ1) is 15.3. The van der Waals surface area contributed by atoms with Gasteiger partial charge in [-0.15, -0.1) is 0 Å². The van der Waals surface area contributed by atoms with E-state index in [9.17, 15) is 8.42 Å². The lowest BCUT2D eigenvalue weighted by atomic mass is 10.3. The molecule has 1 aromatic heterocycles. The number of benzene rings is 1. The van der Waals surface area contributed by atoms with Gasteiger partial charge in [0.1, 0.15) is 0 Å². The Balaban J connectivity index is 2.35. The van der Waals surface area contributed by atoms with Gasteiger partial charge in [-0.2, -0.15) is 0 Å². The molecule has 0 spiro atoms. The van der Waals surface area contributed by atoms with Crippen molar-refractivity contribution in [3.63, 3.8) is 0 Å². The van der Waals surface area contributed by atoms with Crippen molar-refractivity contribution >= 4 is 21.4 Å². The summed E-state index contributed by atoms with van der Waals surface area (Å²) in [4.78, 5) is 4.20. The van der Waals surface area contributed by atoms with Gasteiger partial charge < -0.3 is 5.32 Å². The van der Waals surface area contributed by atoms with Crippen LogP contribution in [0.5, 0.6) is 0 Å². The molecule has 1 heterocycles. The van der Waals surface area contributed by atoms with E-state index in [1.807, 2.05) is 13.8 Å². The Morgan fingerprint density at radius 1 is 1.05 bits per heavy atom. The molecule has 0 bridgehead atoms. The largest absolute Gasteiger partial charge is 0.385 e. The first-order valence-electron chi connectivity index (χ1n) is 6.86. The fourth-order valence-corrected chi connectivity index (χ4v) is 3.55. The van der Waals surface area contributed by atoms with E-state index in [0.29, 0.717) is 12.2 Å². The Hall–Kier alpha value is -2.08. The third-order valence-electron chi connectivity index (χ3n) is 3.06. The van der Waals surface area contributed by atoms with Gasteiger partial charge in [-0.1, -0.05) is 0 Å². The quantitative estimate of drug-likeness (QED) is 0.891. The molecular weight excluding hydrogens is 286 g/mol. The Morgan fingerprint density at radius 2 is 1.67 bits per heavy atom. The minimum absolute atomic E-state index is 0.280. The van der Waals surface area contributed by atoms with Crippen molar-refractivity contribution < 1.29 is 8.42 Å². The third-order valence-corrected chi connectivity index (χ3v) is 4.98. The normalized spacial score (nSPS) is 11.1. The molecule has 1 aromatic carbocycles. The minimum Gasteiger partial charge on any atom is -0.385 e. The molecule has 0 aliphatic rings. The van der Waals surface area contributed by atoms with Crippen LogP contribution in [0.1, 0.15) is 13.8 Å². The highest BCUT2D eigenvalue weighted by Gasteiger charge is 2.23. The second-order valence-corrected chi connectivity index (χ2v) is 6.29. The van der Waals surface area contributed by atoms with Crippen LogP contribution >= 0.6 is 0 Å². The second-order valence-electron chi connectivity index (χ2n) is 4.43. The van der Waals surface area contributed by atoms with E-state index in [2.05, 4.69) is 10.3 Å². The highest BCUT2D eigenvalue weighted by Crippen LogP contribution is 2.23. The van der Waals surface area contributed by atoms with Crippen LogP contribution in [0.3, 0.4) is 0 Å². The molecule has 1 N–H and O–H groups in total. The van der Waals surface area contributed by atoms with Crippen molar-refractivity contribution in [1.82, 2.24) is 4.98 Å². The van der Waals surface area contributed by atoms with E-state index in [1.165, 1.54) is 4.31 Å². The van der Waals surface area contributed by atoms with Gasteiger partial charge >= 0.3 is 0 Å². The number of hydrogen-bond donors (Lipinski definition) is 1. The molecule has 0 fully saturated rings. The first-order chi connectivity index (χ1) is 10.1. The van der Waals surface area contributed by atoms with Crippen molar-refractivity contribution in [2.75, 3.05) is 22.7 Å². The molecule has 0 amide bonds.